The van der Waals surface area contributed by atoms with E-state index >= 15 is 0 Å². The molecule has 0 aromatic rings. The lowest BCUT2D eigenvalue weighted by Crippen LogP contribution is -2.35. The summed E-state index contributed by atoms with van der Waals surface area (Å²) >= 11 is 0. The zero-order valence-corrected chi connectivity index (χ0v) is 21.1. The van der Waals surface area contributed by atoms with Crippen molar-refractivity contribution in [2.24, 2.45) is 11.8 Å². The van der Waals surface area contributed by atoms with Crippen molar-refractivity contribution in [3.05, 3.63) is 24.3 Å². The second kappa shape index (κ2) is 15.1. The summed E-state index contributed by atoms with van der Waals surface area (Å²) in [5.41, 5.74) is 0. The Kier molecular flexibility index (Phi) is 11.6. The predicted molar refractivity (Wildman–Crippen MR) is 128 cm³/mol. The van der Waals surface area contributed by atoms with Crippen LogP contribution in [0.4, 0.5) is 0 Å². The molecular formula is C25H33N3O10. The van der Waals surface area contributed by atoms with E-state index in [0.29, 0.717) is 49.9 Å². The highest BCUT2D eigenvalue weighted by molar-refractivity contribution is 6.13. The standard InChI is InChI=1S/C25H33N3O10/c29-20(6-10-27-21(30)1-2-22(27)31)26-9-5-18-17-19(18)7-11-35-13-15-37-16-14-36-12-8-25(34)38-28-23(32)3-4-24(28)33/h1-4,18-19H,5-17H2,(H,26,29)/t18-,19?/m1/s1. The largest absolute Gasteiger partial charge is 0.379 e. The molecule has 1 saturated carbocycles. The van der Waals surface area contributed by atoms with Crippen LogP contribution in [-0.2, 0) is 47.8 Å². The molecule has 2 heterocycles. The first kappa shape index (κ1) is 29.1. The van der Waals surface area contributed by atoms with Gasteiger partial charge in [0, 0.05) is 50.4 Å². The molecular weight excluding hydrogens is 502 g/mol. The summed E-state index contributed by atoms with van der Waals surface area (Å²) in [4.78, 5) is 74.7. The molecule has 0 saturated heterocycles. The first-order valence-electron chi connectivity index (χ1n) is 12.7. The fraction of sp³-hybridized carbons (Fsp3) is 0.600. The van der Waals surface area contributed by atoms with Crippen molar-refractivity contribution >= 4 is 35.5 Å². The van der Waals surface area contributed by atoms with Crippen molar-refractivity contribution in [3.8, 4) is 0 Å². The number of carbonyl (C=O) groups is 6. The molecule has 5 amide bonds. The highest BCUT2D eigenvalue weighted by Gasteiger charge is 2.35. The normalized spacial score (nSPS) is 20.1. The fourth-order valence-electron chi connectivity index (χ4n) is 3.92. The number of hydrogen-bond donors (Lipinski definition) is 1. The van der Waals surface area contributed by atoms with Gasteiger partial charge in [0.05, 0.1) is 39.5 Å². The van der Waals surface area contributed by atoms with Crippen LogP contribution in [0.3, 0.4) is 0 Å². The van der Waals surface area contributed by atoms with E-state index in [2.05, 4.69) is 10.2 Å². The summed E-state index contributed by atoms with van der Waals surface area (Å²) in [5, 5.41) is 3.25. The van der Waals surface area contributed by atoms with Gasteiger partial charge in [-0.15, -0.1) is 0 Å². The van der Waals surface area contributed by atoms with E-state index in [0.717, 1.165) is 36.3 Å². The van der Waals surface area contributed by atoms with Gasteiger partial charge in [-0.25, -0.2) is 4.79 Å². The van der Waals surface area contributed by atoms with Gasteiger partial charge < -0.3 is 24.4 Å². The number of carbonyl (C=O) groups excluding carboxylic acids is 6. The second-order valence-corrected chi connectivity index (χ2v) is 8.95. The Morgan fingerprint density at radius 3 is 1.95 bits per heavy atom. The number of amides is 5. The van der Waals surface area contributed by atoms with Crippen molar-refractivity contribution in [1.29, 1.82) is 0 Å². The van der Waals surface area contributed by atoms with Gasteiger partial charge in [-0.3, -0.25) is 28.9 Å². The number of imide groups is 2. The fourth-order valence-corrected chi connectivity index (χ4v) is 3.92. The van der Waals surface area contributed by atoms with E-state index in [1.807, 2.05) is 0 Å². The molecule has 2 aliphatic heterocycles. The average Bonchev–Trinajstić information content (AvgIpc) is 3.46. The van der Waals surface area contributed by atoms with Gasteiger partial charge in [-0.1, -0.05) is 5.06 Å². The number of nitrogens with zero attached hydrogens (tertiary/aromatic N) is 2. The van der Waals surface area contributed by atoms with E-state index in [9.17, 15) is 28.8 Å². The third-order valence-electron chi connectivity index (χ3n) is 6.16. The summed E-state index contributed by atoms with van der Waals surface area (Å²) in [6.07, 6.45) is 7.43. The van der Waals surface area contributed by atoms with Gasteiger partial charge in [0.15, 0.2) is 0 Å². The summed E-state index contributed by atoms with van der Waals surface area (Å²) in [5.74, 6) is -1.89. The molecule has 13 nitrogen and oxygen atoms in total. The molecule has 1 unspecified atom stereocenters. The van der Waals surface area contributed by atoms with E-state index in [-0.39, 0.29) is 50.3 Å². The molecule has 38 heavy (non-hydrogen) atoms. The molecule has 208 valence electrons. The number of hydroxylamine groups is 2. The minimum absolute atomic E-state index is 0.0763. The van der Waals surface area contributed by atoms with Gasteiger partial charge in [0.25, 0.3) is 23.6 Å². The molecule has 1 fully saturated rings. The predicted octanol–water partition coefficient (Wildman–Crippen LogP) is -0.343. The van der Waals surface area contributed by atoms with Crippen molar-refractivity contribution in [2.75, 3.05) is 52.7 Å². The molecule has 0 aromatic heterocycles. The number of hydrogen-bond acceptors (Lipinski definition) is 10. The Morgan fingerprint density at radius 2 is 1.29 bits per heavy atom. The van der Waals surface area contributed by atoms with Crippen LogP contribution in [0.2, 0.25) is 0 Å². The van der Waals surface area contributed by atoms with E-state index in [4.69, 9.17) is 14.2 Å². The summed E-state index contributed by atoms with van der Waals surface area (Å²) in [7, 11) is 0. The minimum atomic E-state index is -0.740. The minimum Gasteiger partial charge on any atom is -0.379 e. The van der Waals surface area contributed by atoms with Crippen molar-refractivity contribution in [3.63, 3.8) is 0 Å². The molecule has 0 bridgehead atoms. The Labute approximate surface area is 220 Å². The lowest BCUT2D eigenvalue weighted by atomic mass is 10.2. The zero-order valence-electron chi connectivity index (χ0n) is 21.1. The van der Waals surface area contributed by atoms with Gasteiger partial charge >= 0.3 is 5.97 Å². The highest BCUT2D eigenvalue weighted by atomic mass is 16.7. The smallest absolute Gasteiger partial charge is 0.335 e. The van der Waals surface area contributed by atoms with Gasteiger partial charge in [0.1, 0.15) is 0 Å². The lowest BCUT2D eigenvalue weighted by molar-refractivity contribution is -0.196. The molecule has 13 heteroatoms. The van der Waals surface area contributed by atoms with E-state index in [1.165, 1.54) is 12.2 Å². The monoisotopic (exact) mass is 535 g/mol. The lowest BCUT2D eigenvalue weighted by Gasteiger charge is -2.13. The first-order chi connectivity index (χ1) is 18.3. The van der Waals surface area contributed by atoms with Crippen LogP contribution in [0, 0.1) is 11.8 Å². The quantitative estimate of drug-likeness (QED) is 0.171. The third kappa shape index (κ3) is 9.80. The zero-order chi connectivity index (χ0) is 27.3. The van der Waals surface area contributed by atoms with E-state index < -0.39 is 17.8 Å². The van der Waals surface area contributed by atoms with Crippen LogP contribution in [0.5, 0.6) is 0 Å². The average molecular weight is 536 g/mol. The molecule has 1 N–H and O–H groups in total. The first-order valence-corrected chi connectivity index (χ1v) is 12.7. The van der Waals surface area contributed by atoms with Crippen LogP contribution in [0.25, 0.3) is 0 Å². The van der Waals surface area contributed by atoms with Crippen LogP contribution in [0.15, 0.2) is 24.3 Å². The Balaban J connectivity index is 1.05. The molecule has 3 aliphatic rings. The van der Waals surface area contributed by atoms with Crippen LogP contribution in [-0.4, -0.2) is 98.2 Å². The SMILES string of the molecule is O=C(CCN1C(=O)C=CC1=O)NCC[C@@H]1CC1CCOCCOCCOCCC(=O)ON1C(=O)C=CC1=O. The van der Waals surface area contributed by atoms with Gasteiger partial charge in [-0.2, -0.15) is 0 Å². The maximum Gasteiger partial charge on any atom is 0.335 e. The summed E-state index contributed by atoms with van der Waals surface area (Å²) < 4.78 is 16.3. The van der Waals surface area contributed by atoms with Gasteiger partial charge in [0.2, 0.25) is 5.91 Å². The van der Waals surface area contributed by atoms with Crippen molar-refractivity contribution in [2.45, 2.75) is 32.1 Å². The van der Waals surface area contributed by atoms with Gasteiger partial charge in [-0.05, 0) is 31.1 Å². The van der Waals surface area contributed by atoms with Crippen molar-refractivity contribution < 1.29 is 47.8 Å². The van der Waals surface area contributed by atoms with Crippen LogP contribution < -0.4 is 5.32 Å². The van der Waals surface area contributed by atoms with Crippen LogP contribution in [0.1, 0.15) is 32.1 Å². The van der Waals surface area contributed by atoms with Crippen molar-refractivity contribution in [1.82, 2.24) is 15.3 Å². The molecule has 1 aliphatic carbocycles. The second-order valence-electron chi connectivity index (χ2n) is 8.95. The number of nitrogens with one attached hydrogen (secondary N) is 1. The highest BCUT2D eigenvalue weighted by Crippen LogP contribution is 2.43. The van der Waals surface area contributed by atoms with E-state index in [1.54, 1.807) is 0 Å². The van der Waals surface area contributed by atoms with Crippen LogP contribution >= 0.6 is 0 Å². The Hall–Kier alpha value is -3.42. The topological polar surface area (TPSA) is 158 Å². The maximum absolute atomic E-state index is 11.9. The molecule has 3 rings (SSSR count). The number of ether oxygens (including phenoxy) is 3. The third-order valence-corrected chi connectivity index (χ3v) is 6.16. The molecule has 0 aromatic carbocycles. The molecule has 2 atom stereocenters. The summed E-state index contributed by atoms with van der Waals surface area (Å²) in [6.45, 7) is 2.88. The Morgan fingerprint density at radius 1 is 0.737 bits per heavy atom. The number of rotatable bonds is 19. The molecule has 0 radical (unpaired) electrons. The summed E-state index contributed by atoms with van der Waals surface area (Å²) in [6, 6.07) is 0. The maximum atomic E-state index is 11.9. The Bertz CT molecular complexity index is 927. The molecule has 0 spiro atoms.